The molecule has 1 aromatic heterocycles. The molecule has 108 valence electrons. The molecule has 0 fully saturated rings. The summed E-state index contributed by atoms with van der Waals surface area (Å²) in [5.74, 6) is -0.00764. The predicted octanol–water partition coefficient (Wildman–Crippen LogP) is 0.396. The van der Waals surface area contributed by atoms with Crippen LogP contribution in [0.15, 0.2) is 18.2 Å². The van der Waals surface area contributed by atoms with Gasteiger partial charge in [-0.3, -0.25) is 14.9 Å². The largest absolute Gasteiger partial charge is 0.482 e. The van der Waals surface area contributed by atoms with Crippen LogP contribution < -0.4 is 20.1 Å². The summed E-state index contributed by atoms with van der Waals surface area (Å²) in [7, 11) is 1.42. The van der Waals surface area contributed by atoms with Crippen LogP contribution in [0.1, 0.15) is 10.4 Å². The second-order valence-electron chi connectivity index (χ2n) is 4.17. The van der Waals surface area contributed by atoms with Crippen molar-refractivity contribution in [3.8, 4) is 11.8 Å². The minimum absolute atomic E-state index is 0.0720. The average Bonchev–Trinajstić information content (AvgIpc) is 2.94. The predicted molar refractivity (Wildman–Crippen MR) is 71.5 cm³/mol. The lowest BCUT2D eigenvalue weighted by atomic mass is 10.1. The molecule has 0 aliphatic carbocycles. The third-order valence-electron chi connectivity index (χ3n) is 2.76. The minimum atomic E-state index is -0.392. The zero-order valence-electron chi connectivity index (χ0n) is 11.0. The summed E-state index contributed by atoms with van der Waals surface area (Å²) in [6.45, 7) is -0.0720. The summed E-state index contributed by atoms with van der Waals surface area (Å²) in [5.41, 5.74) is 0.893. The molecule has 0 saturated carbocycles. The SMILES string of the molecule is COc1n[nH]c(NC(=O)c2ccc3c(c2)OCC(=O)N3)n1. The fourth-order valence-corrected chi connectivity index (χ4v) is 1.79. The third-order valence-corrected chi connectivity index (χ3v) is 2.76. The number of aromatic nitrogens is 3. The second kappa shape index (κ2) is 5.12. The average molecular weight is 289 g/mol. The van der Waals surface area contributed by atoms with E-state index in [4.69, 9.17) is 9.47 Å². The number of rotatable bonds is 3. The molecule has 0 saturated heterocycles. The molecule has 0 atom stereocenters. The van der Waals surface area contributed by atoms with E-state index in [2.05, 4.69) is 25.8 Å². The lowest BCUT2D eigenvalue weighted by Gasteiger charge is -2.18. The Morgan fingerprint density at radius 3 is 3.10 bits per heavy atom. The van der Waals surface area contributed by atoms with Crippen molar-refractivity contribution in [1.82, 2.24) is 15.2 Å². The highest BCUT2D eigenvalue weighted by molar-refractivity contribution is 6.04. The number of hydrogen-bond acceptors (Lipinski definition) is 6. The second-order valence-corrected chi connectivity index (χ2v) is 4.17. The molecule has 9 nitrogen and oxygen atoms in total. The van der Waals surface area contributed by atoms with E-state index in [-0.39, 0.29) is 24.5 Å². The van der Waals surface area contributed by atoms with Crippen LogP contribution in [0.5, 0.6) is 11.8 Å². The van der Waals surface area contributed by atoms with Crippen molar-refractivity contribution in [2.75, 3.05) is 24.4 Å². The number of nitrogens with one attached hydrogen (secondary N) is 3. The summed E-state index contributed by atoms with van der Waals surface area (Å²) in [4.78, 5) is 27.1. The van der Waals surface area contributed by atoms with E-state index in [1.807, 2.05) is 0 Å². The number of benzene rings is 1. The number of aromatic amines is 1. The topological polar surface area (TPSA) is 118 Å². The number of amides is 2. The maximum absolute atomic E-state index is 12.1. The Morgan fingerprint density at radius 2 is 2.33 bits per heavy atom. The number of carbonyl (C=O) groups is 2. The Balaban J connectivity index is 1.77. The number of fused-ring (bicyclic) bond motifs is 1. The quantitative estimate of drug-likeness (QED) is 0.752. The zero-order valence-corrected chi connectivity index (χ0v) is 11.0. The van der Waals surface area contributed by atoms with Crippen LogP contribution in [0.25, 0.3) is 0 Å². The lowest BCUT2D eigenvalue weighted by molar-refractivity contribution is -0.118. The van der Waals surface area contributed by atoms with E-state index in [1.54, 1.807) is 12.1 Å². The molecule has 3 N–H and O–H groups in total. The Morgan fingerprint density at radius 1 is 1.48 bits per heavy atom. The standard InChI is InChI=1S/C12H11N5O4/c1-20-12-15-11(16-17-12)14-10(19)6-2-3-7-8(4-6)21-5-9(18)13-7/h2-4H,5H2,1H3,(H,13,18)(H2,14,15,16,17,19). The molecule has 21 heavy (non-hydrogen) atoms. The van der Waals surface area contributed by atoms with Crippen LogP contribution in [-0.2, 0) is 4.79 Å². The summed E-state index contributed by atoms with van der Waals surface area (Å²) in [6, 6.07) is 4.83. The van der Waals surface area contributed by atoms with Crippen molar-refractivity contribution >= 4 is 23.5 Å². The van der Waals surface area contributed by atoms with Crippen LogP contribution >= 0.6 is 0 Å². The van der Waals surface area contributed by atoms with Crippen LogP contribution in [0.4, 0.5) is 11.6 Å². The smallest absolute Gasteiger partial charge is 0.336 e. The van der Waals surface area contributed by atoms with E-state index < -0.39 is 5.91 Å². The van der Waals surface area contributed by atoms with Gasteiger partial charge in [0.1, 0.15) is 5.75 Å². The number of carbonyl (C=O) groups excluding carboxylic acids is 2. The number of H-pyrrole nitrogens is 1. The molecular weight excluding hydrogens is 278 g/mol. The molecule has 2 amide bonds. The highest BCUT2D eigenvalue weighted by Crippen LogP contribution is 2.28. The first-order valence-corrected chi connectivity index (χ1v) is 6.00. The number of methoxy groups -OCH3 is 1. The fourth-order valence-electron chi connectivity index (χ4n) is 1.79. The monoisotopic (exact) mass is 289 g/mol. The molecule has 1 aliphatic rings. The van der Waals surface area contributed by atoms with Crippen molar-refractivity contribution in [1.29, 1.82) is 0 Å². The third kappa shape index (κ3) is 2.61. The van der Waals surface area contributed by atoms with Crippen LogP contribution in [-0.4, -0.2) is 40.7 Å². The van der Waals surface area contributed by atoms with Gasteiger partial charge in [0.05, 0.1) is 12.8 Å². The van der Waals surface area contributed by atoms with E-state index in [9.17, 15) is 9.59 Å². The molecule has 0 spiro atoms. The molecule has 3 rings (SSSR count). The normalized spacial score (nSPS) is 12.9. The number of anilines is 2. The molecule has 0 radical (unpaired) electrons. The van der Waals surface area contributed by atoms with Crippen LogP contribution in [0.3, 0.4) is 0 Å². The summed E-state index contributed by atoms with van der Waals surface area (Å²) in [6.07, 6.45) is 0. The van der Waals surface area contributed by atoms with Gasteiger partial charge in [-0.15, -0.1) is 5.10 Å². The Kier molecular flexibility index (Phi) is 3.14. The van der Waals surface area contributed by atoms with Gasteiger partial charge in [0.2, 0.25) is 5.95 Å². The fraction of sp³-hybridized carbons (Fsp3) is 0.167. The molecule has 1 aliphatic heterocycles. The Labute approximate surface area is 118 Å². The molecule has 2 heterocycles. The van der Waals surface area contributed by atoms with E-state index in [0.29, 0.717) is 17.0 Å². The highest BCUT2D eigenvalue weighted by Gasteiger charge is 2.18. The molecule has 0 bridgehead atoms. The van der Waals surface area contributed by atoms with Crippen molar-refractivity contribution in [3.63, 3.8) is 0 Å². The van der Waals surface area contributed by atoms with Gasteiger partial charge >= 0.3 is 6.01 Å². The summed E-state index contributed by atoms with van der Waals surface area (Å²) < 4.78 is 10.1. The highest BCUT2D eigenvalue weighted by atomic mass is 16.5. The zero-order chi connectivity index (χ0) is 14.8. The molecule has 0 unspecified atom stereocenters. The van der Waals surface area contributed by atoms with E-state index in [0.717, 1.165) is 0 Å². The van der Waals surface area contributed by atoms with Crippen LogP contribution in [0.2, 0.25) is 0 Å². The Bertz CT molecular complexity index is 711. The number of nitrogens with zero attached hydrogens (tertiary/aromatic N) is 2. The van der Waals surface area contributed by atoms with Gasteiger partial charge in [-0.1, -0.05) is 0 Å². The maximum atomic E-state index is 12.1. The van der Waals surface area contributed by atoms with Crippen LogP contribution in [0, 0.1) is 0 Å². The Hall–Kier alpha value is -3.10. The van der Waals surface area contributed by atoms with Crippen molar-refractivity contribution in [3.05, 3.63) is 23.8 Å². The molecular formula is C12H11N5O4. The first-order chi connectivity index (χ1) is 10.2. The van der Waals surface area contributed by atoms with Gasteiger partial charge in [0.25, 0.3) is 11.8 Å². The molecule has 2 aromatic rings. The van der Waals surface area contributed by atoms with E-state index in [1.165, 1.54) is 13.2 Å². The van der Waals surface area contributed by atoms with Crippen molar-refractivity contribution in [2.45, 2.75) is 0 Å². The molecule has 1 aromatic carbocycles. The maximum Gasteiger partial charge on any atom is 0.336 e. The van der Waals surface area contributed by atoms with Crippen molar-refractivity contribution < 1.29 is 19.1 Å². The van der Waals surface area contributed by atoms with Gasteiger partial charge < -0.3 is 14.8 Å². The van der Waals surface area contributed by atoms with Gasteiger partial charge in [0.15, 0.2) is 6.61 Å². The number of ether oxygens (including phenoxy) is 2. The first kappa shape index (κ1) is 12.9. The minimum Gasteiger partial charge on any atom is -0.482 e. The van der Waals surface area contributed by atoms with Crippen molar-refractivity contribution in [2.24, 2.45) is 0 Å². The molecule has 9 heteroatoms. The van der Waals surface area contributed by atoms with E-state index >= 15 is 0 Å². The number of hydrogen-bond donors (Lipinski definition) is 3. The summed E-state index contributed by atoms with van der Waals surface area (Å²) >= 11 is 0. The summed E-state index contributed by atoms with van der Waals surface area (Å²) in [5, 5.41) is 11.4. The van der Waals surface area contributed by atoms with Gasteiger partial charge in [-0.2, -0.15) is 4.98 Å². The van der Waals surface area contributed by atoms with Gasteiger partial charge in [-0.05, 0) is 18.2 Å². The van der Waals surface area contributed by atoms with Gasteiger partial charge in [0, 0.05) is 5.56 Å². The lowest BCUT2D eigenvalue weighted by Crippen LogP contribution is -2.25. The first-order valence-electron chi connectivity index (χ1n) is 6.00. The van der Waals surface area contributed by atoms with Gasteiger partial charge in [-0.25, -0.2) is 5.10 Å².